The second-order valence-electron chi connectivity index (χ2n) is 12.1. The summed E-state index contributed by atoms with van der Waals surface area (Å²) in [5.41, 5.74) is 3.07. The van der Waals surface area contributed by atoms with E-state index in [4.69, 9.17) is 14.3 Å². The minimum absolute atomic E-state index is 0.0322. The van der Waals surface area contributed by atoms with Gasteiger partial charge in [0.1, 0.15) is 11.9 Å². The lowest BCUT2D eigenvalue weighted by Crippen LogP contribution is -2.34. The van der Waals surface area contributed by atoms with Crippen LogP contribution in [0.4, 0.5) is 13.2 Å². The van der Waals surface area contributed by atoms with Crippen LogP contribution in [0.1, 0.15) is 83.3 Å². The van der Waals surface area contributed by atoms with Gasteiger partial charge in [-0.15, -0.1) is 0 Å². The number of carbonyl (C=O) groups excluding carboxylic acids is 1. The van der Waals surface area contributed by atoms with Gasteiger partial charge in [-0.3, -0.25) is 4.79 Å². The van der Waals surface area contributed by atoms with Crippen molar-refractivity contribution in [2.45, 2.75) is 101 Å². The molecule has 2 atom stereocenters. The van der Waals surface area contributed by atoms with Crippen molar-refractivity contribution in [1.82, 2.24) is 14.7 Å². The monoisotopic (exact) mass is 653 g/mol. The summed E-state index contributed by atoms with van der Waals surface area (Å²) < 4.78 is 51.6. The van der Waals surface area contributed by atoms with Gasteiger partial charge in [-0.1, -0.05) is 51.8 Å². The largest absolute Gasteiger partial charge is 0.490 e. The molecule has 1 amide bonds. The van der Waals surface area contributed by atoms with E-state index in [0.717, 1.165) is 77.0 Å². The van der Waals surface area contributed by atoms with E-state index in [2.05, 4.69) is 66.8 Å². The third kappa shape index (κ3) is 12.4. The number of hydroxylamine groups is 1. The zero-order valence-electron chi connectivity index (χ0n) is 27.1. The van der Waals surface area contributed by atoms with Crippen molar-refractivity contribution in [2.24, 2.45) is 0 Å². The Morgan fingerprint density at radius 1 is 1.02 bits per heavy atom. The molecule has 0 bridgehead atoms. The van der Waals surface area contributed by atoms with Gasteiger partial charge in [0.25, 0.3) is 0 Å². The predicted molar refractivity (Wildman–Crippen MR) is 173 cm³/mol. The highest BCUT2D eigenvalue weighted by Gasteiger charge is 2.36. The lowest BCUT2D eigenvalue weighted by atomic mass is 9.82. The Morgan fingerprint density at radius 3 is 2.27 bits per heavy atom. The average Bonchev–Trinajstić information content (AvgIpc) is 3.41. The fourth-order valence-corrected chi connectivity index (χ4v) is 6.68. The Morgan fingerprint density at radius 2 is 1.71 bits per heavy atom. The summed E-state index contributed by atoms with van der Waals surface area (Å²) in [5, 5.41) is 0. The van der Waals surface area contributed by atoms with Gasteiger partial charge in [0.05, 0.1) is 5.56 Å². The number of likely N-dealkylation sites (N-methyl/N-ethyl adjacent to an activating group) is 1. The molecule has 3 aliphatic rings. The topological polar surface area (TPSA) is 63.3 Å². The number of piperidine rings is 1. The molecule has 2 unspecified atom stereocenters. The van der Waals surface area contributed by atoms with Gasteiger partial charge in [0, 0.05) is 43.0 Å². The zero-order valence-corrected chi connectivity index (χ0v) is 27.9. The molecule has 0 saturated carbocycles. The van der Waals surface area contributed by atoms with Gasteiger partial charge < -0.3 is 14.4 Å². The second-order valence-corrected chi connectivity index (χ2v) is 13.2. The fourth-order valence-electron chi connectivity index (χ4n) is 5.46. The number of carbonyl (C=O) groups is 1. The van der Waals surface area contributed by atoms with Gasteiger partial charge in [0.15, 0.2) is 6.29 Å². The Hall–Kier alpha value is -2.31. The molecule has 1 N–H and O–H groups in total. The van der Waals surface area contributed by atoms with Gasteiger partial charge in [-0.2, -0.15) is 13.2 Å². The summed E-state index contributed by atoms with van der Waals surface area (Å²) in [7, 11) is 2.18. The summed E-state index contributed by atoms with van der Waals surface area (Å²) in [6, 6.07) is 13.7. The van der Waals surface area contributed by atoms with Crippen LogP contribution >= 0.6 is 11.9 Å². The molecule has 3 saturated heterocycles. The Bertz CT molecular complexity index is 1120. The van der Waals surface area contributed by atoms with Crippen LogP contribution in [0.15, 0.2) is 53.4 Å². The van der Waals surface area contributed by atoms with E-state index < -0.39 is 11.7 Å². The Labute approximate surface area is 271 Å². The molecule has 2 aromatic carbocycles. The van der Waals surface area contributed by atoms with Crippen LogP contribution < -0.4 is 10.2 Å². The number of alkyl halides is 3. The van der Waals surface area contributed by atoms with E-state index >= 15 is 0 Å². The lowest BCUT2D eigenvalue weighted by Gasteiger charge is -2.33. The maximum atomic E-state index is 12.7. The van der Waals surface area contributed by atoms with Crippen molar-refractivity contribution in [1.29, 1.82) is 0 Å². The average molecular weight is 654 g/mol. The number of benzene rings is 2. The number of halogens is 3. The van der Waals surface area contributed by atoms with Crippen molar-refractivity contribution in [3.63, 3.8) is 0 Å². The smallest absolute Gasteiger partial charge is 0.416 e. The molecule has 0 spiro atoms. The van der Waals surface area contributed by atoms with E-state index in [1.165, 1.54) is 41.9 Å². The van der Waals surface area contributed by atoms with Crippen LogP contribution in [0, 0.1) is 0 Å². The third-order valence-corrected chi connectivity index (χ3v) is 9.38. The number of hydrogen-bond donors (Lipinski definition) is 1. The van der Waals surface area contributed by atoms with Gasteiger partial charge >= 0.3 is 6.18 Å². The van der Waals surface area contributed by atoms with Gasteiger partial charge in [0.2, 0.25) is 6.41 Å². The van der Waals surface area contributed by atoms with E-state index in [0.29, 0.717) is 12.2 Å². The SMILES string of the molecule is CCCC.CN1CCC(C)(c2ccccc2SN2CCC(Oc3ccc(C(F)(F)F)cc3)CC2)C1.O=CNOC1CCCCO1. The molecule has 3 heterocycles. The number of amides is 1. The lowest BCUT2D eigenvalue weighted by molar-refractivity contribution is -0.195. The summed E-state index contributed by atoms with van der Waals surface area (Å²) in [4.78, 5) is 18.3. The van der Waals surface area contributed by atoms with E-state index in [1.54, 1.807) is 0 Å². The maximum Gasteiger partial charge on any atom is 0.416 e. The first-order valence-corrected chi connectivity index (χ1v) is 16.9. The summed E-state index contributed by atoms with van der Waals surface area (Å²) in [5.74, 6) is 0.503. The van der Waals surface area contributed by atoms with Gasteiger partial charge in [-0.05, 0) is 93.5 Å². The van der Waals surface area contributed by atoms with Crippen LogP contribution in [0.5, 0.6) is 5.75 Å². The number of rotatable bonds is 9. The van der Waals surface area contributed by atoms with Gasteiger partial charge in [-0.25, -0.2) is 14.6 Å². The molecular weight excluding hydrogens is 603 g/mol. The molecular formula is C34H50F3N3O4S. The van der Waals surface area contributed by atoms with Crippen LogP contribution in [0.25, 0.3) is 0 Å². The fraction of sp³-hybridized carbons (Fsp3) is 0.618. The molecule has 0 aliphatic carbocycles. The van der Waals surface area contributed by atoms with E-state index in [1.807, 2.05) is 11.9 Å². The first-order chi connectivity index (χ1) is 21.6. The van der Waals surface area contributed by atoms with Crippen molar-refractivity contribution in [2.75, 3.05) is 39.8 Å². The summed E-state index contributed by atoms with van der Waals surface area (Å²) in [6.45, 7) is 11.4. The van der Waals surface area contributed by atoms with Crippen molar-refractivity contribution in [3.05, 3.63) is 59.7 Å². The molecule has 3 fully saturated rings. The first kappa shape index (κ1) is 37.2. The molecule has 45 heavy (non-hydrogen) atoms. The number of likely N-dealkylation sites (tertiary alicyclic amines) is 1. The van der Waals surface area contributed by atoms with Crippen LogP contribution in [-0.4, -0.2) is 67.8 Å². The number of nitrogens with zero attached hydrogens (tertiary/aromatic N) is 2. The van der Waals surface area contributed by atoms with Crippen molar-refractivity contribution >= 4 is 18.4 Å². The highest BCUT2D eigenvalue weighted by atomic mass is 32.2. The summed E-state index contributed by atoms with van der Waals surface area (Å²) in [6.07, 6.45) is 4.55. The Kier molecular flexibility index (Phi) is 15.5. The third-order valence-electron chi connectivity index (χ3n) is 8.20. The van der Waals surface area contributed by atoms with Crippen LogP contribution in [-0.2, 0) is 26.0 Å². The molecule has 3 aliphatic heterocycles. The summed E-state index contributed by atoms with van der Waals surface area (Å²) >= 11 is 1.83. The maximum absolute atomic E-state index is 12.7. The second kappa shape index (κ2) is 18.7. The quantitative estimate of drug-likeness (QED) is 0.168. The molecule has 252 valence electrons. The van der Waals surface area contributed by atoms with Crippen LogP contribution in [0.3, 0.4) is 0 Å². The van der Waals surface area contributed by atoms with E-state index in [-0.39, 0.29) is 17.8 Å². The first-order valence-electron chi connectivity index (χ1n) is 16.1. The standard InChI is InChI=1S/C24H29F3N2OS.C6H11NO3.C4H10/c1-23(13-16-28(2)17-23)21-5-3-4-6-22(21)31-29-14-11-20(12-15-29)30-19-9-7-18(8-10-19)24(25,26)27;8-5-7-10-6-3-1-2-4-9-6;1-3-4-2/h3-10,20H,11-17H2,1-2H3;5-6H,1-4H2,(H,7,8);3-4H2,1-2H3. The van der Waals surface area contributed by atoms with Crippen LogP contribution in [0.2, 0.25) is 0 Å². The minimum atomic E-state index is -4.32. The minimum Gasteiger partial charge on any atom is -0.490 e. The molecule has 5 rings (SSSR count). The number of hydrogen-bond acceptors (Lipinski definition) is 7. The number of nitrogens with one attached hydrogen (secondary N) is 1. The zero-order chi connectivity index (χ0) is 32.7. The highest BCUT2D eigenvalue weighted by Crippen LogP contribution is 2.40. The highest BCUT2D eigenvalue weighted by molar-refractivity contribution is 7.97. The van der Waals surface area contributed by atoms with Crippen molar-refractivity contribution < 1.29 is 32.3 Å². The Balaban J connectivity index is 0.000000328. The molecule has 7 nitrogen and oxygen atoms in total. The van der Waals surface area contributed by atoms with Crippen molar-refractivity contribution in [3.8, 4) is 5.75 Å². The molecule has 11 heteroatoms. The normalized spacial score (nSPS) is 22.9. The molecule has 0 aromatic heterocycles. The molecule has 2 aromatic rings. The van der Waals surface area contributed by atoms with E-state index in [9.17, 15) is 18.0 Å². The number of ether oxygens (including phenoxy) is 2. The predicted octanol–water partition coefficient (Wildman–Crippen LogP) is 7.85. The molecule has 0 radical (unpaired) electrons. The number of unbranched alkanes of at least 4 members (excludes halogenated alkanes) is 1.